The molecule has 6 heteroatoms. The van der Waals surface area contributed by atoms with Gasteiger partial charge in [0.1, 0.15) is 5.75 Å². The highest BCUT2D eigenvalue weighted by molar-refractivity contribution is 5.58. The number of methoxy groups -OCH3 is 2. The summed E-state index contributed by atoms with van der Waals surface area (Å²) < 4.78 is 10.1. The maximum absolute atomic E-state index is 11.0. The van der Waals surface area contributed by atoms with Gasteiger partial charge in [0.2, 0.25) is 0 Å². The molecule has 0 heterocycles. The molecule has 0 fully saturated rings. The van der Waals surface area contributed by atoms with Crippen molar-refractivity contribution in [2.24, 2.45) is 0 Å². The van der Waals surface area contributed by atoms with Crippen molar-refractivity contribution in [2.75, 3.05) is 19.5 Å². The van der Waals surface area contributed by atoms with Gasteiger partial charge in [0, 0.05) is 18.3 Å². The molecule has 0 aliphatic rings. The summed E-state index contributed by atoms with van der Waals surface area (Å²) in [5.41, 5.74) is 1.62. The van der Waals surface area contributed by atoms with Crippen LogP contribution in [0.1, 0.15) is 5.56 Å². The van der Waals surface area contributed by atoms with Crippen molar-refractivity contribution in [3.8, 4) is 11.5 Å². The lowest BCUT2D eigenvalue weighted by Crippen LogP contribution is -2.01. The normalized spacial score (nSPS) is 10.0. The van der Waals surface area contributed by atoms with E-state index >= 15 is 0 Å². The van der Waals surface area contributed by atoms with E-state index in [2.05, 4.69) is 5.32 Å². The number of nitro groups is 1. The Morgan fingerprint density at radius 3 is 2.62 bits per heavy atom. The molecule has 0 bridgehead atoms. The minimum atomic E-state index is -0.463. The SMILES string of the molecule is COc1cccc(CNc2ccc(OC)c([N+](=O)[O-])c2)c1. The number of benzene rings is 2. The molecule has 0 aliphatic carbocycles. The van der Waals surface area contributed by atoms with Gasteiger partial charge in [-0.05, 0) is 29.8 Å². The third-order valence-corrected chi connectivity index (χ3v) is 3.01. The van der Waals surface area contributed by atoms with Gasteiger partial charge in [-0.3, -0.25) is 10.1 Å². The molecule has 2 aromatic rings. The van der Waals surface area contributed by atoms with Gasteiger partial charge in [-0.1, -0.05) is 12.1 Å². The third-order valence-electron chi connectivity index (χ3n) is 3.01. The van der Waals surface area contributed by atoms with Gasteiger partial charge in [0.25, 0.3) is 0 Å². The van der Waals surface area contributed by atoms with Crippen molar-refractivity contribution in [3.05, 3.63) is 58.1 Å². The fraction of sp³-hybridized carbons (Fsp3) is 0.200. The number of rotatable bonds is 6. The fourth-order valence-electron chi connectivity index (χ4n) is 1.93. The molecular formula is C15H16N2O4. The molecule has 0 saturated heterocycles. The van der Waals surface area contributed by atoms with Crippen molar-refractivity contribution < 1.29 is 14.4 Å². The Bertz CT molecular complexity index is 643. The van der Waals surface area contributed by atoms with Crippen LogP contribution in [-0.2, 0) is 6.54 Å². The first-order chi connectivity index (χ1) is 10.1. The number of ether oxygens (including phenoxy) is 2. The quantitative estimate of drug-likeness (QED) is 0.652. The van der Waals surface area contributed by atoms with Crippen LogP contribution in [0, 0.1) is 10.1 Å². The summed E-state index contributed by atoms with van der Waals surface area (Å²) in [6, 6.07) is 12.4. The second-order valence-corrected chi connectivity index (χ2v) is 4.35. The van der Waals surface area contributed by atoms with Crippen molar-refractivity contribution in [1.29, 1.82) is 0 Å². The van der Waals surface area contributed by atoms with Crippen LogP contribution < -0.4 is 14.8 Å². The summed E-state index contributed by atoms with van der Waals surface area (Å²) in [6.07, 6.45) is 0. The van der Waals surface area contributed by atoms with E-state index in [-0.39, 0.29) is 11.4 Å². The van der Waals surface area contributed by atoms with E-state index in [4.69, 9.17) is 9.47 Å². The Hall–Kier alpha value is -2.76. The molecule has 21 heavy (non-hydrogen) atoms. The van der Waals surface area contributed by atoms with Crippen molar-refractivity contribution >= 4 is 11.4 Å². The maximum atomic E-state index is 11.0. The molecule has 1 N–H and O–H groups in total. The Kier molecular flexibility index (Phi) is 4.61. The predicted molar refractivity (Wildman–Crippen MR) is 80.0 cm³/mol. The van der Waals surface area contributed by atoms with Crippen LogP contribution in [0.25, 0.3) is 0 Å². The van der Waals surface area contributed by atoms with Crippen LogP contribution in [0.2, 0.25) is 0 Å². The Labute approximate surface area is 122 Å². The summed E-state index contributed by atoms with van der Waals surface area (Å²) in [7, 11) is 3.02. The molecule has 0 saturated carbocycles. The van der Waals surface area contributed by atoms with Crippen molar-refractivity contribution in [1.82, 2.24) is 0 Å². The maximum Gasteiger partial charge on any atom is 0.312 e. The number of nitrogens with one attached hydrogen (secondary N) is 1. The lowest BCUT2D eigenvalue weighted by Gasteiger charge is -2.09. The minimum Gasteiger partial charge on any atom is -0.497 e. The standard InChI is InChI=1S/C15H16N2O4/c1-20-13-5-3-4-11(8-13)10-16-12-6-7-15(21-2)14(9-12)17(18)19/h3-9,16H,10H2,1-2H3. The van der Waals surface area contributed by atoms with Gasteiger partial charge < -0.3 is 14.8 Å². The molecule has 0 amide bonds. The highest BCUT2D eigenvalue weighted by Crippen LogP contribution is 2.29. The highest BCUT2D eigenvalue weighted by Gasteiger charge is 2.14. The molecule has 0 unspecified atom stereocenters. The van der Waals surface area contributed by atoms with E-state index in [9.17, 15) is 10.1 Å². The average molecular weight is 288 g/mol. The van der Waals surface area contributed by atoms with Crippen molar-refractivity contribution in [3.63, 3.8) is 0 Å². The zero-order chi connectivity index (χ0) is 15.2. The van der Waals surface area contributed by atoms with Gasteiger partial charge in [0.15, 0.2) is 5.75 Å². The third kappa shape index (κ3) is 3.62. The van der Waals surface area contributed by atoms with Gasteiger partial charge in [-0.15, -0.1) is 0 Å². The van der Waals surface area contributed by atoms with Crippen LogP contribution in [0.3, 0.4) is 0 Å². The second kappa shape index (κ2) is 6.60. The number of nitrogens with zero attached hydrogens (tertiary/aromatic N) is 1. The minimum absolute atomic E-state index is 0.0619. The van der Waals surface area contributed by atoms with Gasteiger partial charge in [0.05, 0.1) is 19.1 Å². The molecule has 0 spiro atoms. The monoisotopic (exact) mass is 288 g/mol. The van der Waals surface area contributed by atoms with Crippen molar-refractivity contribution in [2.45, 2.75) is 6.54 Å². The van der Waals surface area contributed by atoms with Gasteiger partial charge in [-0.2, -0.15) is 0 Å². The largest absolute Gasteiger partial charge is 0.497 e. The average Bonchev–Trinajstić information content (AvgIpc) is 2.52. The van der Waals surface area contributed by atoms with E-state index in [0.717, 1.165) is 11.3 Å². The van der Waals surface area contributed by atoms with Gasteiger partial charge in [-0.25, -0.2) is 0 Å². The number of hydrogen-bond acceptors (Lipinski definition) is 5. The van der Waals surface area contributed by atoms with E-state index in [1.54, 1.807) is 19.2 Å². The van der Waals surface area contributed by atoms with E-state index < -0.39 is 4.92 Å². The topological polar surface area (TPSA) is 73.6 Å². The first kappa shape index (κ1) is 14.6. The van der Waals surface area contributed by atoms with E-state index in [0.29, 0.717) is 12.2 Å². The summed E-state index contributed by atoms with van der Waals surface area (Å²) in [5.74, 6) is 1.02. The zero-order valence-electron chi connectivity index (χ0n) is 11.8. The van der Waals surface area contributed by atoms with Gasteiger partial charge >= 0.3 is 5.69 Å². The number of hydrogen-bond donors (Lipinski definition) is 1. The second-order valence-electron chi connectivity index (χ2n) is 4.35. The molecule has 2 aromatic carbocycles. The molecule has 0 aromatic heterocycles. The zero-order valence-corrected chi connectivity index (χ0v) is 11.8. The molecular weight excluding hydrogens is 272 g/mol. The number of anilines is 1. The Morgan fingerprint density at radius 2 is 1.95 bits per heavy atom. The van der Waals surface area contributed by atoms with E-state index in [1.165, 1.54) is 13.2 Å². The summed E-state index contributed by atoms with van der Waals surface area (Å²) in [5, 5.41) is 14.1. The molecule has 110 valence electrons. The van der Waals surface area contributed by atoms with Crippen LogP contribution in [0.15, 0.2) is 42.5 Å². The molecule has 0 atom stereocenters. The summed E-state index contributed by atoms with van der Waals surface area (Å²) in [6.45, 7) is 0.542. The molecule has 0 radical (unpaired) electrons. The highest BCUT2D eigenvalue weighted by atomic mass is 16.6. The Balaban J connectivity index is 2.12. The predicted octanol–water partition coefficient (Wildman–Crippen LogP) is 3.22. The lowest BCUT2D eigenvalue weighted by molar-refractivity contribution is -0.385. The molecule has 2 rings (SSSR count). The fourth-order valence-corrected chi connectivity index (χ4v) is 1.93. The van der Waals surface area contributed by atoms with Crippen LogP contribution in [-0.4, -0.2) is 19.1 Å². The van der Waals surface area contributed by atoms with Crippen LogP contribution in [0.5, 0.6) is 11.5 Å². The summed E-state index contributed by atoms with van der Waals surface area (Å²) >= 11 is 0. The molecule has 0 aliphatic heterocycles. The first-order valence-corrected chi connectivity index (χ1v) is 6.33. The Morgan fingerprint density at radius 1 is 1.14 bits per heavy atom. The van der Waals surface area contributed by atoms with Crippen LogP contribution >= 0.6 is 0 Å². The van der Waals surface area contributed by atoms with E-state index in [1.807, 2.05) is 24.3 Å². The smallest absolute Gasteiger partial charge is 0.312 e. The molecule has 6 nitrogen and oxygen atoms in total. The first-order valence-electron chi connectivity index (χ1n) is 6.33. The number of nitro benzene ring substituents is 1. The van der Waals surface area contributed by atoms with Crippen LogP contribution in [0.4, 0.5) is 11.4 Å². The lowest BCUT2D eigenvalue weighted by atomic mass is 10.2. The summed E-state index contributed by atoms with van der Waals surface area (Å²) in [4.78, 5) is 10.5.